The van der Waals surface area contributed by atoms with Crippen LogP contribution in [0.25, 0.3) is 11.0 Å². The summed E-state index contributed by atoms with van der Waals surface area (Å²) >= 11 is 0. The van der Waals surface area contributed by atoms with Crippen molar-refractivity contribution in [3.63, 3.8) is 0 Å². The number of rotatable bonds is 3. The Labute approximate surface area is 101 Å². The van der Waals surface area contributed by atoms with Crippen LogP contribution in [0, 0.1) is 0 Å². The topological polar surface area (TPSA) is 30.3 Å². The van der Waals surface area contributed by atoms with Crippen molar-refractivity contribution in [1.82, 2.24) is 14.5 Å². The van der Waals surface area contributed by atoms with Gasteiger partial charge in [-0.15, -0.1) is 0 Å². The molecule has 1 aliphatic heterocycles. The van der Waals surface area contributed by atoms with Gasteiger partial charge in [-0.2, -0.15) is 0 Å². The van der Waals surface area contributed by atoms with Gasteiger partial charge in [0.25, 0.3) is 0 Å². The van der Waals surface area contributed by atoms with Crippen molar-refractivity contribution in [1.29, 1.82) is 0 Å². The average Bonchev–Trinajstić information content (AvgIpc) is 2.81. The van der Waals surface area contributed by atoms with Crippen molar-refractivity contribution in [2.75, 3.05) is 32.8 Å². The van der Waals surface area contributed by atoms with E-state index >= 15 is 0 Å². The van der Waals surface area contributed by atoms with Crippen LogP contribution < -0.4 is 0 Å². The van der Waals surface area contributed by atoms with Crippen molar-refractivity contribution in [3.8, 4) is 0 Å². The van der Waals surface area contributed by atoms with Gasteiger partial charge in [-0.25, -0.2) is 4.98 Å². The monoisotopic (exact) mass is 231 g/mol. The van der Waals surface area contributed by atoms with Gasteiger partial charge in [0.05, 0.1) is 13.2 Å². The number of nitrogens with zero attached hydrogens (tertiary/aromatic N) is 3. The zero-order valence-electron chi connectivity index (χ0n) is 9.88. The molecule has 0 bridgehead atoms. The number of fused-ring (bicyclic) bond motifs is 1. The third-order valence-electron chi connectivity index (χ3n) is 3.28. The van der Waals surface area contributed by atoms with Gasteiger partial charge < -0.3 is 9.30 Å². The second-order valence-corrected chi connectivity index (χ2v) is 4.38. The fourth-order valence-electron chi connectivity index (χ4n) is 2.27. The van der Waals surface area contributed by atoms with Gasteiger partial charge in [-0.05, 0) is 18.2 Å². The molecule has 2 aromatic rings. The average molecular weight is 231 g/mol. The Morgan fingerprint density at radius 1 is 1.18 bits per heavy atom. The molecule has 0 aliphatic carbocycles. The largest absolute Gasteiger partial charge is 0.379 e. The first-order chi connectivity index (χ1) is 8.43. The summed E-state index contributed by atoms with van der Waals surface area (Å²) in [5.41, 5.74) is 1.08. The maximum absolute atomic E-state index is 5.35. The van der Waals surface area contributed by atoms with E-state index in [1.807, 2.05) is 12.3 Å². The van der Waals surface area contributed by atoms with Crippen LogP contribution in [0.2, 0.25) is 0 Å². The third kappa shape index (κ3) is 2.33. The fourth-order valence-corrected chi connectivity index (χ4v) is 2.27. The van der Waals surface area contributed by atoms with E-state index in [0.717, 1.165) is 45.0 Å². The van der Waals surface area contributed by atoms with Gasteiger partial charge >= 0.3 is 0 Å². The summed E-state index contributed by atoms with van der Waals surface area (Å²) < 4.78 is 7.57. The van der Waals surface area contributed by atoms with Crippen LogP contribution >= 0.6 is 0 Å². The highest BCUT2D eigenvalue weighted by Gasteiger charge is 2.10. The van der Waals surface area contributed by atoms with E-state index in [0.29, 0.717) is 0 Å². The number of pyridine rings is 1. The first-order valence-electron chi connectivity index (χ1n) is 6.13. The van der Waals surface area contributed by atoms with Crippen molar-refractivity contribution in [2.45, 2.75) is 6.54 Å². The number of morpholine rings is 1. The van der Waals surface area contributed by atoms with Crippen LogP contribution in [0.5, 0.6) is 0 Å². The lowest BCUT2D eigenvalue weighted by atomic mass is 10.3. The second-order valence-electron chi connectivity index (χ2n) is 4.38. The van der Waals surface area contributed by atoms with E-state index in [1.54, 1.807) is 0 Å². The molecule has 0 saturated carbocycles. The Morgan fingerprint density at radius 3 is 2.94 bits per heavy atom. The summed E-state index contributed by atoms with van der Waals surface area (Å²) in [7, 11) is 0. The summed E-state index contributed by atoms with van der Waals surface area (Å²) in [5.74, 6) is 0. The molecule has 90 valence electrons. The van der Waals surface area contributed by atoms with Crippen LogP contribution in [-0.2, 0) is 11.3 Å². The van der Waals surface area contributed by atoms with Crippen LogP contribution in [-0.4, -0.2) is 47.3 Å². The Morgan fingerprint density at radius 2 is 2.06 bits per heavy atom. The van der Waals surface area contributed by atoms with E-state index < -0.39 is 0 Å². The zero-order valence-corrected chi connectivity index (χ0v) is 9.88. The Hall–Kier alpha value is -1.39. The smallest absolute Gasteiger partial charge is 0.139 e. The maximum Gasteiger partial charge on any atom is 0.139 e. The highest BCUT2D eigenvalue weighted by molar-refractivity contribution is 5.75. The van der Waals surface area contributed by atoms with Gasteiger partial charge in [0.1, 0.15) is 5.65 Å². The highest BCUT2D eigenvalue weighted by atomic mass is 16.5. The van der Waals surface area contributed by atoms with E-state index in [2.05, 4.69) is 32.8 Å². The molecule has 0 amide bonds. The molecule has 0 radical (unpaired) electrons. The molecule has 1 aliphatic rings. The lowest BCUT2D eigenvalue weighted by molar-refractivity contribution is 0.0365. The normalized spacial score (nSPS) is 17.6. The Kier molecular flexibility index (Phi) is 3.07. The van der Waals surface area contributed by atoms with Gasteiger partial charge in [0.2, 0.25) is 0 Å². The fraction of sp³-hybridized carbons (Fsp3) is 0.462. The SMILES string of the molecule is c1cnc2c(c1)ccn2CCN1CCOCC1. The molecule has 4 heteroatoms. The highest BCUT2D eigenvalue weighted by Crippen LogP contribution is 2.12. The van der Waals surface area contributed by atoms with Crippen LogP contribution in [0.3, 0.4) is 0 Å². The molecular weight excluding hydrogens is 214 g/mol. The molecule has 1 saturated heterocycles. The van der Waals surface area contributed by atoms with E-state index in [9.17, 15) is 0 Å². The van der Waals surface area contributed by atoms with E-state index in [-0.39, 0.29) is 0 Å². The van der Waals surface area contributed by atoms with Gasteiger partial charge in [0.15, 0.2) is 0 Å². The van der Waals surface area contributed by atoms with Gasteiger partial charge in [-0.1, -0.05) is 0 Å². The molecule has 0 atom stereocenters. The first-order valence-corrected chi connectivity index (χ1v) is 6.13. The van der Waals surface area contributed by atoms with Gasteiger partial charge in [-0.3, -0.25) is 4.90 Å². The Balaban J connectivity index is 1.68. The lowest BCUT2D eigenvalue weighted by Gasteiger charge is -2.26. The minimum atomic E-state index is 0.866. The maximum atomic E-state index is 5.35. The predicted octanol–water partition coefficient (Wildman–Crippen LogP) is 1.37. The molecule has 17 heavy (non-hydrogen) atoms. The van der Waals surface area contributed by atoms with E-state index in [1.165, 1.54) is 5.39 Å². The summed E-state index contributed by atoms with van der Waals surface area (Å²) in [5, 5.41) is 1.22. The van der Waals surface area contributed by atoms with Crippen LogP contribution in [0.1, 0.15) is 0 Å². The molecule has 0 spiro atoms. The standard InChI is InChI=1S/C13H17N3O/c1-2-12-3-5-16(13(12)14-4-1)7-6-15-8-10-17-11-9-15/h1-5H,6-11H2. The molecule has 1 fully saturated rings. The number of hydrogen-bond acceptors (Lipinski definition) is 3. The van der Waals surface area contributed by atoms with Gasteiger partial charge in [0, 0.05) is 44.0 Å². The molecule has 0 N–H and O–H groups in total. The molecule has 4 nitrogen and oxygen atoms in total. The quantitative estimate of drug-likeness (QED) is 0.799. The lowest BCUT2D eigenvalue weighted by Crippen LogP contribution is -2.38. The molecule has 0 aromatic carbocycles. The van der Waals surface area contributed by atoms with E-state index in [4.69, 9.17) is 4.74 Å². The summed E-state index contributed by atoms with van der Waals surface area (Å²) in [6.45, 7) is 5.90. The number of hydrogen-bond donors (Lipinski definition) is 0. The summed E-state index contributed by atoms with van der Waals surface area (Å²) in [4.78, 5) is 6.87. The van der Waals surface area contributed by atoms with Crippen LogP contribution in [0.4, 0.5) is 0 Å². The molecule has 3 heterocycles. The molecule has 2 aromatic heterocycles. The second kappa shape index (κ2) is 4.85. The molecule has 3 rings (SSSR count). The molecule has 0 unspecified atom stereocenters. The van der Waals surface area contributed by atoms with Crippen molar-refractivity contribution >= 4 is 11.0 Å². The third-order valence-corrected chi connectivity index (χ3v) is 3.28. The summed E-state index contributed by atoms with van der Waals surface area (Å²) in [6, 6.07) is 6.21. The zero-order chi connectivity index (χ0) is 11.5. The van der Waals surface area contributed by atoms with Crippen molar-refractivity contribution in [2.24, 2.45) is 0 Å². The van der Waals surface area contributed by atoms with Crippen LogP contribution in [0.15, 0.2) is 30.6 Å². The Bertz CT molecular complexity index is 488. The first kappa shape index (κ1) is 10.7. The van der Waals surface area contributed by atoms with Crippen molar-refractivity contribution in [3.05, 3.63) is 30.6 Å². The summed E-state index contributed by atoms with van der Waals surface area (Å²) in [6.07, 6.45) is 3.98. The van der Waals surface area contributed by atoms with Crippen molar-refractivity contribution < 1.29 is 4.74 Å². The minimum Gasteiger partial charge on any atom is -0.379 e. The molecular formula is C13H17N3O. The number of aromatic nitrogens is 2. The minimum absolute atomic E-state index is 0.866. The number of ether oxygens (including phenoxy) is 1. The predicted molar refractivity (Wildman–Crippen MR) is 67.0 cm³/mol.